The fraction of sp³-hybridized carbons (Fsp3) is 0.154. The second-order valence-corrected chi connectivity index (χ2v) is 9.19. The Kier molecular flexibility index (Phi) is 7.45. The number of halogens is 1. The van der Waals surface area contributed by atoms with Crippen LogP contribution in [0.25, 0.3) is 17.1 Å². The van der Waals surface area contributed by atoms with E-state index in [1.54, 1.807) is 13.0 Å². The molecule has 0 fully saturated rings. The lowest BCUT2D eigenvalue weighted by Crippen LogP contribution is -2.21. The number of rotatable bonds is 7. The van der Waals surface area contributed by atoms with Crippen LogP contribution in [0.5, 0.6) is 0 Å². The Bertz CT molecular complexity index is 1330. The molecule has 1 heterocycles. The van der Waals surface area contributed by atoms with Gasteiger partial charge in [0.1, 0.15) is 0 Å². The van der Waals surface area contributed by atoms with Crippen molar-refractivity contribution in [1.82, 2.24) is 20.2 Å². The van der Waals surface area contributed by atoms with Crippen LogP contribution in [-0.4, -0.2) is 32.1 Å². The molecule has 0 radical (unpaired) electrons. The molecule has 0 spiro atoms. The summed E-state index contributed by atoms with van der Waals surface area (Å²) in [5.41, 5.74) is 8.23. The summed E-state index contributed by atoms with van der Waals surface area (Å²) >= 11 is 7.51. The first-order valence-corrected chi connectivity index (χ1v) is 12.1. The van der Waals surface area contributed by atoms with E-state index in [4.69, 9.17) is 11.6 Å². The highest BCUT2D eigenvalue weighted by molar-refractivity contribution is 7.99. The van der Waals surface area contributed by atoms with Crippen molar-refractivity contribution in [2.45, 2.75) is 25.9 Å². The number of hydrogen-bond acceptors (Lipinski definition) is 5. The molecule has 0 aliphatic carbocycles. The van der Waals surface area contributed by atoms with Gasteiger partial charge in [-0.2, -0.15) is 5.10 Å². The monoisotopic (exact) mass is 489 g/mol. The average molecular weight is 490 g/mol. The van der Waals surface area contributed by atoms with Gasteiger partial charge >= 0.3 is 0 Å². The molecule has 34 heavy (non-hydrogen) atoms. The molecule has 1 amide bonds. The zero-order valence-corrected chi connectivity index (χ0v) is 20.7. The minimum Gasteiger partial charge on any atom is -0.272 e. The number of carbonyl (C=O) groups excluding carboxylic acids is 1. The molecular weight excluding hydrogens is 466 g/mol. The van der Waals surface area contributed by atoms with Crippen molar-refractivity contribution < 1.29 is 4.79 Å². The fourth-order valence-corrected chi connectivity index (χ4v) is 4.32. The summed E-state index contributed by atoms with van der Waals surface area (Å²) < 4.78 is 1.97. The lowest BCUT2D eigenvalue weighted by atomic mass is 10.1. The van der Waals surface area contributed by atoms with Crippen molar-refractivity contribution in [2.75, 3.05) is 5.75 Å². The number of amides is 1. The Morgan fingerprint density at radius 3 is 2.29 bits per heavy atom. The maximum Gasteiger partial charge on any atom is 0.250 e. The highest BCUT2D eigenvalue weighted by Crippen LogP contribution is 2.28. The third kappa shape index (κ3) is 5.55. The molecule has 4 rings (SSSR count). The molecule has 0 aliphatic rings. The Labute approximate surface area is 208 Å². The summed E-state index contributed by atoms with van der Waals surface area (Å²) in [5, 5.41) is 14.2. The van der Waals surface area contributed by atoms with Gasteiger partial charge in [-0.25, -0.2) is 5.43 Å². The third-order valence-corrected chi connectivity index (χ3v) is 6.44. The average Bonchev–Trinajstić information content (AvgIpc) is 3.26. The van der Waals surface area contributed by atoms with E-state index >= 15 is 0 Å². The summed E-state index contributed by atoms with van der Waals surface area (Å²) in [6.45, 7) is 5.89. The minimum absolute atomic E-state index is 0.136. The van der Waals surface area contributed by atoms with Crippen LogP contribution in [-0.2, 0) is 4.79 Å². The van der Waals surface area contributed by atoms with Crippen molar-refractivity contribution in [3.63, 3.8) is 0 Å². The Morgan fingerprint density at radius 2 is 1.62 bits per heavy atom. The SMILES string of the molecule is C/C(=N/NC(=O)CSc1nnc(-c2ccc(C)cc2)n1-c1ccc(C)cc1)c1ccccc1Cl. The van der Waals surface area contributed by atoms with Gasteiger partial charge in [0.2, 0.25) is 0 Å². The lowest BCUT2D eigenvalue weighted by Gasteiger charge is -2.11. The zero-order valence-electron chi connectivity index (χ0n) is 19.1. The van der Waals surface area contributed by atoms with Crippen LogP contribution in [0.2, 0.25) is 5.02 Å². The van der Waals surface area contributed by atoms with Crippen molar-refractivity contribution in [2.24, 2.45) is 5.10 Å². The smallest absolute Gasteiger partial charge is 0.250 e. The molecule has 8 heteroatoms. The first kappa shape index (κ1) is 23.7. The first-order valence-electron chi connectivity index (χ1n) is 10.7. The van der Waals surface area contributed by atoms with Crippen LogP contribution in [0.1, 0.15) is 23.6 Å². The molecule has 1 aromatic heterocycles. The van der Waals surface area contributed by atoms with Gasteiger partial charge in [0.05, 0.1) is 11.5 Å². The number of nitrogens with zero attached hydrogens (tertiary/aromatic N) is 4. The van der Waals surface area contributed by atoms with Crippen LogP contribution in [0.4, 0.5) is 0 Å². The Morgan fingerprint density at radius 1 is 0.971 bits per heavy atom. The third-order valence-electron chi connectivity index (χ3n) is 5.18. The van der Waals surface area contributed by atoms with Crippen LogP contribution in [0.3, 0.4) is 0 Å². The normalized spacial score (nSPS) is 11.5. The van der Waals surface area contributed by atoms with Gasteiger partial charge in [-0.05, 0) is 39.0 Å². The topological polar surface area (TPSA) is 72.2 Å². The van der Waals surface area contributed by atoms with Crippen molar-refractivity contribution >= 4 is 35.0 Å². The van der Waals surface area contributed by atoms with Gasteiger partial charge in [-0.15, -0.1) is 10.2 Å². The number of hydrogen-bond donors (Lipinski definition) is 1. The number of nitrogens with one attached hydrogen (secondary N) is 1. The molecule has 0 atom stereocenters. The van der Waals surface area contributed by atoms with Crippen LogP contribution < -0.4 is 5.43 Å². The van der Waals surface area contributed by atoms with Gasteiger partial charge in [-0.3, -0.25) is 9.36 Å². The largest absolute Gasteiger partial charge is 0.272 e. The quantitative estimate of drug-likeness (QED) is 0.201. The van der Waals surface area contributed by atoms with E-state index in [-0.39, 0.29) is 11.7 Å². The molecule has 1 N–H and O–H groups in total. The second kappa shape index (κ2) is 10.7. The standard InChI is InChI=1S/C26H24ClN5OS/c1-17-8-12-20(13-9-17)25-30-31-26(32(25)21-14-10-18(2)11-15-21)34-16-24(33)29-28-19(3)22-6-4-5-7-23(22)27/h4-15H,16H2,1-3H3,(H,29,33)/b28-19-. The number of aromatic nitrogens is 3. The predicted molar refractivity (Wildman–Crippen MR) is 139 cm³/mol. The van der Waals surface area contributed by atoms with Gasteiger partial charge < -0.3 is 0 Å². The van der Waals surface area contributed by atoms with Gasteiger partial charge in [0.25, 0.3) is 5.91 Å². The number of carbonyl (C=O) groups is 1. The highest BCUT2D eigenvalue weighted by Gasteiger charge is 2.17. The van der Waals surface area contributed by atoms with E-state index in [0.29, 0.717) is 15.9 Å². The van der Waals surface area contributed by atoms with Gasteiger partial charge in [0.15, 0.2) is 11.0 Å². The van der Waals surface area contributed by atoms with E-state index < -0.39 is 0 Å². The van der Waals surface area contributed by atoms with E-state index in [0.717, 1.165) is 28.2 Å². The molecule has 0 bridgehead atoms. The molecule has 6 nitrogen and oxygen atoms in total. The summed E-state index contributed by atoms with van der Waals surface area (Å²) in [5.74, 6) is 0.614. The molecule has 0 aliphatic heterocycles. The molecular formula is C26H24ClN5OS. The second-order valence-electron chi connectivity index (χ2n) is 7.84. The molecule has 4 aromatic rings. The molecule has 0 unspecified atom stereocenters. The summed E-state index contributed by atoms with van der Waals surface area (Å²) in [7, 11) is 0. The van der Waals surface area contributed by atoms with Gasteiger partial charge in [0, 0.05) is 21.8 Å². The summed E-state index contributed by atoms with van der Waals surface area (Å²) in [4.78, 5) is 12.5. The summed E-state index contributed by atoms with van der Waals surface area (Å²) in [6.07, 6.45) is 0. The molecule has 3 aromatic carbocycles. The van der Waals surface area contributed by atoms with Crippen molar-refractivity contribution in [1.29, 1.82) is 0 Å². The first-order chi connectivity index (χ1) is 16.4. The maximum atomic E-state index is 12.5. The van der Waals surface area contributed by atoms with Crippen LogP contribution in [0.15, 0.2) is 83.1 Å². The van der Waals surface area contributed by atoms with Gasteiger partial charge in [-0.1, -0.05) is 89.1 Å². The Hall–Kier alpha value is -3.42. The summed E-state index contributed by atoms with van der Waals surface area (Å²) in [6, 6.07) is 23.7. The van der Waals surface area contributed by atoms with E-state index in [1.807, 2.05) is 85.1 Å². The minimum atomic E-state index is -0.244. The maximum absolute atomic E-state index is 12.5. The van der Waals surface area contributed by atoms with E-state index in [2.05, 4.69) is 20.7 Å². The fourth-order valence-electron chi connectivity index (χ4n) is 3.30. The number of thioether (sulfide) groups is 1. The van der Waals surface area contributed by atoms with Crippen molar-refractivity contribution in [3.8, 4) is 17.1 Å². The highest BCUT2D eigenvalue weighted by atomic mass is 35.5. The van der Waals surface area contributed by atoms with E-state index in [9.17, 15) is 4.79 Å². The van der Waals surface area contributed by atoms with E-state index in [1.165, 1.54) is 17.3 Å². The molecule has 0 saturated carbocycles. The molecule has 172 valence electrons. The zero-order chi connectivity index (χ0) is 24.1. The number of benzene rings is 3. The van der Waals surface area contributed by atoms with Crippen LogP contribution in [0, 0.1) is 13.8 Å². The molecule has 0 saturated heterocycles. The lowest BCUT2D eigenvalue weighted by molar-refractivity contribution is -0.118. The number of hydrazone groups is 1. The van der Waals surface area contributed by atoms with Crippen LogP contribution >= 0.6 is 23.4 Å². The Balaban J connectivity index is 1.54. The van der Waals surface area contributed by atoms with Crippen molar-refractivity contribution in [3.05, 3.63) is 94.5 Å². The number of aryl methyl sites for hydroxylation is 2. The predicted octanol–water partition coefficient (Wildman–Crippen LogP) is 5.84.